The van der Waals surface area contributed by atoms with Gasteiger partial charge in [0.2, 0.25) is 0 Å². The van der Waals surface area contributed by atoms with Gasteiger partial charge in [-0.2, -0.15) is 5.10 Å². The Morgan fingerprint density at radius 1 is 1.52 bits per heavy atom. The van der Waals surface area contributed by atoms with Gasteiger partial charge in [-0.3, -0.25) is 4.99 Å². The van der Waals surface area contributed by atoms with E-state index < -0.39 is 5.60 Å². The Morgan fingerprint density at radius 3 is 3.00 bits per heavy atom. The molecule has 0 aromatic carbocycles. The summed E-state index contributed by atoms with van der Waals surface area (Å²) >= 11 is 0. The van der Waals surface area contributed by atoms with E-state index in [0.29, 0.717) is 12.6 Å². The van der Waals surface area contributed by atoms with Crippen molar-refractivity contribution in [1.29, 1.82) is 0 Å². The van der Waals surface area contributed by atoms with Crippen molar-refractivity contribution in [3.8, 4) is 0 Å². The molecule has 1 atom stereocenters. The number of hydrogen-bond donors (Lipinski definition) is 3. The van der Waals surface area contributed by atoms with Gasteiger partial charge in [-0.15, -0.1) is 0 Å². The molecule has 0 radical (unpaired) electrons. The Kier molecular flexibility index (Phi) is 3.84. The summed E-state index contributed by atoms with van der Waals surface area (Å²) in [6, 6.07) is 0.292. The molecule has 1 fully saturated rings. The molecule has 1 aliphatic heterocycles. The lowest BCUT2D eigenvalue weighted by molar-refractivity contribution is -0.0279. The molecule has 1 aliphatic carbocycles. The van der Waals surface area contributed by atoms with Crippen LogP contribution in [0, 0.1) is 6.92 Å². The summed E-state index contributed by atoms with van der Waals surface area (Å²) in [7, 11) is 1.76. The average molecular weight is 292 g/mol. The summed E-state index contributed by atoms with van der Waals surface area (Å²) in [5, 5.41) is 21.2. The molecular weight excluding hydrogens is 268 g/mol. The minimum absolute atomic E-state index is 0.292. The Labute approximate surface area is 124 Å². The van der Waals surface area contributed by atoms with Crippen LogP contribution in [-0.2, 0) is 13.0 Å². The van der Waals surface area contributed by atoms with E-state index in [4.69, 9.17) is 0 Å². The normalized spacial score (nSPS) is 24.1. The van der Waals surface area contributed by atoms with Crippen LogP contribution in [0.15, 0.2) is 4.99 Å². The molecule has 0 bridgehead atoms. The standard InChI is InChI=1S/C14H24N6O/c1-10-17-12-5-4-11(8-20(12)19-10)18-13(15-2)16-9-14(21)6-3-7-14/h11,21H,3-9H2,1-2H3,(H2,15,16,18). The number of guanidine groups is 1. The number of aliphatic imine (C=N–C) groups is 1. The molecule has 7 nitrogen and oxygen atoms in total. The number of aryl methyl sites for hydroxylation is 2. The first-order valence-corrected chi connectivity index (χ1v) is 7.68. The Hall–Kier alpha value is -1.63. The number of nitrogens with one attached hydrogen (secondary N) is 2. The molecule has 21 heavy (non-hydrogen) atoms. The van der Waals surface area contributed by atoms with Gasteiger partial charge in [-0.25, -0.2) is 9.67 Å². The first-order chi connectivity index (χ1) is 10.1. The highest BCUT2D eigenvalue weighted by atomic mass is 16.3. The third-order valence-corrected chi connectivity index (χ3v) is 4.40. The van der Waals surface area contributed by atoms with Gasteiger partial charge in [0.15, 0.2) is 5.96 Å². The maximum Gasteiger partial charge on any atom is 0.191 e. The molecule has 1 aromatic heterocycles. The minimum Gasteiger partial charge on any atom is -0.388 e. The van der Waals surface area contributed by atoms with Gasteiger partial charge in [0, 0.05) is 26.1 Å². The van der Waals surface area contributed by atoms with Crippen LogP contribution in [0.25, 0.3) is 0 Å². The minimum atomic E-state index is -0.541. The Balaban J connectivity index is 1.53. The van der Waals surface area contributed by atoms with Gasteiger partial charge in [-0.05, 0) is 32.6 Å². The highest BCUT2D eigenvalue weighted by molar-refractivity contribution is 5.80. The monoisotopic (exact) mass is 292 g/mol. The first-order valence-electron chi connectivity index (χ1n) is 7.68. The predicted octanol–water partition coefficient (Wildman–Crippen LogP) is -0.0187. The Bertz CT molecular complexity index is 534. The van der Waals surface area contributed by atoms with Crippen molar-refractivity contribution in [3.05, 3.63) is 11.6 Å². The zero-order chi connectivity index (χ0) is 14.9. The zero-order valence-corrected chi connectivity index (χ0v) is 12.8. The molecule has 3 rings (SSSR count). The van der Waals surface area contributed by atoms with E-state index in [-0.39, 0.29) is 0 Å². The van der Waals surface area contributed by atoms with Crippen LogP contribution in [0.3, 0.4) is 0 Å². The van der Waals surface area contributed by atoms with Crippen molar-refractivity contribution < 1.29 is 5.11 Å². The molecule has 0 spiro atoms. The maximum atomic E-state index is 10.1. The average Bonchev–Trinajstić information content (AvgIpc) is 2.80. The molecule has 0 amide bonds. The van der Waals surface area contributed by atoms with Crippen LogP contribution in [0.4, 0.5) is 0 Å². The molecule has 1 aromatic rings. The topological polar surface area (TPSA) is 87.4 Å². The molecule has 0 saturated heterocycles. The molecule has 1 unspecified atom stereocenters. The van der Waals surface area contributed by atoms with Gasteiger partial charge in [0.25, 0.3) is 0 Å². The van der Waals surface area contributed by atoms with Gasteiger partial charge in [0.1, 0.15) is 11.6 Å². The number of hydrogen-bond acceptors (Lipinski definition) is 4. The van der Waals surface area contributed by atoms with Crippen LogP contribution in [0.2, 0.25) is 0 Å². The summed E-state index contributed by atoms with van der Waals surface area (Å²) in [6.07, 6.45) is 4.81. The molecule has 2 heterocycles. The third kappa shape index (κ3) is 3.18. The van der Waals surface area contributed by atoms with Crippen molar-refractivity contribution in [3.63, 3.8) is 0 Å². The number of aromatic nitrogens is 3. The lowest BCUT2D eigenvalue weighted by atomic mass is 9.80. The lowest BCUT2D eigenvalue weighted by Gasteiger charge is -2.37. The molecule has 116 valence electrons. The van der Waals surface area contributed by atoms with E-state index in [9.17, 15) is 5.11 Å². The van der Waals surface area contributed by atoms with Crippen molar-refractivity contribution in [2.75, 3.05) is 13.6 Å². The molecule has 2 aliphatic rings. The van der Waals surface area contributed by atoms with Crippen LogP contribution < -0.4 is 10.6 Å². The van der Waals surface area contributed by atoms with E-state index in [0.717, 1.165) is 56.3 Å². The van der Waals surface area contributed by atoms with Gasteiger partial charge >= 0.3 is 0 Å². The second-order valence-corrected chi connectivity index (χ2v) is 6.14. The van der Waals surface area contributed by atoms with E-state index in [2.05, 4.69) is 25.7 Å². The fourth-order valence-corrected chi connectivity index (χ4v) is 2.95. The third-order valence-electron chi connectivity index (χ3n) is 4.40. The van der Waals surface area contributed by atoms with E-state index >= 15 is 0 Å². The van der Waals surface area contributed by atoms with Gasteiger partial charge in [0.05, 0.1) is 12.1 Å². The number of nitrogens with zero attached hydrogens (tertiary/aromatic N) is 4. The van der Waals surface area contributed by atoms with Crippen molar-refractivity contribution in [1.82, 2.24) is 25.4 Å². The summed E-state index contributed by atoms with van der Waals surface area (Å²) in [4.78, 5) is 8.66. The van der Waals surface area contributed by atoms with Crippen LogP contribution in [0.5, 0.6) is 0 Å². The maximum absolute atomic E-state index is 10.1. The molecule has 1 saturated carbocycles. The molecule has 7 heteroatoms. The fourth-order valence-electron chi connectivity index (χ4n) is 2.95. The van der Waals surface area contributed by atoms with Crippen LogP contribution >= 0.6 is 0 Å². The van der Waals surface area contributed by atoms with Crippen molar-refractivity contribution in [2.45, 2.75) is 57.2 Å². The Morgan fingerprint density at radius 2 is 2.33 bits per heavy atom. The first kappa shape index (κ1) is 14.3. The molecular formula is C14H24N6O. The smallest absolute Gasteiger partial charge is 0.191 e. The summed E-state index contributed by atoms with van der Waals surface area (Å²) < 4.78 is 1.98. The van der Waals surface area contributed by atoms with Crippen LogP contribution in [0.1, 0.15) is 37.3 Å². The number of fused-ring (bicyclic) bond motifs is 1. The quantitative estimate of drug-likeness (QED) is 0.538. The number of rotatable bonds is 3. The van der Waals surface area contributed by atoms with Crippen LogP contribution in [-0.4, -0.2) is 51.1 Å². The molecule has 3 N–H and O–H groups in total. The fraction of sp³-hybridized carbons (Fsp3) is 0.786. The highest BCUT2D eigenvalue weighted by Gasteiger charge is 2.34. The summed E-state index contributed by atoms with van der Waals surface area (Å²) in [6.45, 7) is 3.29. The second-order valence-electron chi connectivity index (χ2n) is 6.14. The lowest BCUT2D eigenvalue weighted by Crippen LogP contribution is -2.53. The SMILES string of the molecule is CN=C(NCC1(O)CCC1)NC1CCc2nc(C)nn2C1. The van der Waals surface area contributed by atoms with E-state index in [1.54, 1.807) is 7.05 Å². The summed E-state index contributed by atoms with van der Waals surface area (Å²) in [5.74, 6) is 2.65. The van der Waals surface area contributed by atoms with Crippen molar-refractivity contribution in [2.24, 2.45) is 4.99 Å². The largest absolute Gasteiger partial charge is 0.388 e. The van der Waals surface area contributed by atoms with E-state index in [1.807, 2.05) is 11.6 Å². The summed E-state index contributed by atoms with van der Waals surface area (Å²) in [5.41, 5.74) is -0.541. The van der Waals surface area contributed by atoms with Gasteiger partial charge < -0.3 is 15.7 Å². The van der Waals surface area contributed by atoms with E-state index in [1.165, 1.54) is 0 Å². The number of aliphatic hydroxyl groups is 1. The van der Waals surface area contributed by atoms with Gasteiger partial charge in [-0.1, -0.05) is 0 Å². The zero-order valence-electron chi connectivity index (χ0n) is 12.8. The second kappa shape index (κ2) is 5.63. The predicted molar refractivity (Wildman–Crippen MR) is 80.2 cm³/mol. The highest BCUT2D eigenvalue weighted by Crippen LogP contribution is 2.30. The van der Waals surface area contributed by atoms with Crippen molar-refractivity contribution >= 4 is 5.96 Å².